The number of nitrogens with zero attached hydrogens (tertiary/aromatic N) is 1. The van der Waals surface area contributed by atoms with E-state index < -0.39 is 12.0 Å². The second-order valence-corrected chi connectivity index (χ2v) is 9.81. The number of hydrogen-bond donors (Lipinski definition) is 1. The van der Waals surface area contributed by atoms with Gasteiger partial charge < -0.3 is 9.73 Å². The molecule has 0 fully saturated rings. The maximum atomic E-state index is 13.9. The van der Waals surface area contributed by atoms with Gasteiger partial charge in [-0.05, 0) is 47.4 Å². The molecule has 6 heteroatoms. The van der Waals surface area contributed by atoms with E-state index >= 15 is 0 Å². The Labute approximate surface area is 198 Å². The van der Waals surface area contributed by atoms with E-state index in [-0.39, 0.29) is 23.5 Å². The second-order valence-electron chi connectivity index (χ2n) is 9.38. The lowest BCUT2D eigenvalue weighted by Crippen LogP contribution is -2.44. The number of carbonyl (C=O) groups is 2. The number of rotatable bonds is 3. The number of ketones is 1. The first-order chi connectivity index (χ1) is 15.8. The fraction of sp³-hybridized carbons (Fsp3) is 0.259. The van der Waals surface area contributed by atoms with Gasteiger partial charge in [-0.3, -0.25) is 14.5 Å². The minimum Gasteiger partial charge on any atom is -0.467 e. The molecule has 0 saturated heterocycles. The topological polar surface area (TPSA) is 62.6 Å². The van der Waals surface area contributed by atoms with Crippen molar-refractivity contribution in [2.75, 3.05) is 10.2 Å². The minimum atomic E-state index is -0.592. The Morgan fingerprint density at radius 3 is 2.61 bits per heavy atom. The van der Waals surface area contributed by atoms with Crippen LogP contribution in [0.4, 0.5) is 11.4 Å². The zero-order valence-electron chi connectivity index (χ0n) is 18.5. The van der Waals surface area contributed by atoms with Crippen LogP contribution < -0.4 is 10.2 Å². The van der Waals surface area contributed by atoms with E-state index in [1.165, 1.54) is 0 Å². The van der Waals surface area contributed by atoms with Crippen LogP contribution in [0.2, 0.25) is 5.02 Å². The lowest BCUT2D eigenvalue weighted by atomic mass is 9.73. The third kappa shape index (κ3) is 4.09. The number of nitrogens with one attached hydrogen (secondary N) is 1. The zero-order chi connectivity index (χ0) is 23.2. The van der Waals surface area contributed by atoms with Crippen molar-refractivity contribution in [3.05, 3.63) is 95.0 Å². The minimum absolute atomic E-state index is 0.0866. The summed E-state index contributed by atoms with van der Waals surface area (Å²) < 4.78 is 5.82. The molecule has 1 amide bonds. The summed E-state index contributed by atoms with van der Waals surface area (Å²) in [5.74, 6) is 0.00279. The molecule has 1 aliphatic carbocycles. The first-order valence-corrected chi connectivity index (χ1v) is 11.4. The fourth-order valence-electron chi connectivity index (χ4n) is 4.90. The molecule has 33 heavy (non-hydrogen) atoms. The first kappa shape index (κ1) is 21.5. The number of carbonyl (C=O) groups excluding carboxylic acids is 2. The lowest BCUT2D eigenvalue weighted by Gasteiger charge is -2.38. The fourth-order valence-corrected chi connectivity index (χ4v) is 5.03. The molecule has 3 aromatic rings. The largest absolute Gasteiger partial charge is 0.467 e. The van der Waals surface area contributed by atoms with Crippen molar-refractivity contribution < 1.29 is 14.0 Å². The molecule has 2 heterocycles. The second kappa shape index (κ2) is 8.23. The molecule has 0 radical (unpaired) electrons. The van der Waals surface area contributed by atoms with Crippen LogP contribution in [0.15, 0.2) is 83.1 Å². The monoisotopic (exact) mass is 460 g/mol. The molecule has 0 saturated carbocycles. The van der Waals surface area contributed by atoms with Crippen LogP contribution in [-0.2, 0) is 16.0 Å². The number of furan rings is 1. The summed E-state index contributed by atoms with van der Waals surface area (Å²) in [6.07, 6.45) is 4.28. The predicted molar refractivity (Wildman–Crippen MR) is 129 cm³/mol. The standard InChI is InChI=1S/C27H25ClN2O3/c1-27(2)15-20-25(22(31)16-27)26(23-8-5-13-33-23)30(21-7-4-3-6-19(21)29-20)24(32)14-17-9-11-18(28)12-10-17/h3-13,15,25-26,29H,14,16H2,1-2H3. The Kier molecular flexibility index (Phi) is 5.37. The van der Waals surface area contributed by atoms with Crippen molar-refractivity contribution in [1.29, 1.82) is 0 Å². The number of allylic oxidation sites excluding steroid dienone is 1. The first-order valence-electron chi connectivity index (χ1n) is 11.0. The summed E-state index contributed by atoms with van der Waals surface area (Å²) in [6, 6.07) is 18.0. The highest BCUT2D eigenvalue weighted by atomic mass is 35.5. The average Bonchev–Trinajstić information content (AvgIpc) is 3.24. The van der Waals surface area contributed by atoms with Crippen molar-refractivity contribution in [1.82, 2.24) is 0 Å². The molecule has 5 rings (SSSR count). The molecule has 5 nitrogen and oxygen atoms in total. The van der Waals surface area contributed by atoms with E-state index in [4.69, 9.17) is 16.0 Å². The molecule has 1 aliphatic heterocycles. The molecular weight excluding hydrogens is 436 g/mol. The average molecular weight is 461 g/mol. The normalized spacial score (nSPS) is 21.4. The number of anilines is 2. The predicted octanol–water partition coefficient (Wildman–Crippen LogP) is 6.17. The van der Waals surface area contributed by atoms with Crippen molar-refractivity contribution in [2.24, 2.45) is 11.3 Å². The Morgan fingerprint density at radius 1 is 1.12 bits per heavy atom. The van der Waals surface area contributed by atoms with Gasteiger partial charge in [0, 0.05) is 17.1 Å². The van der Waals surface area contributed by atoms with E-state index in [0.717, 1.165) is 22.6 Å². The molecule has 2 unspecified atom stereocenters. The van der Waals surface area contributed by atoms with Gasteiger partial charge in [-0.15, -0.1) is 0 Å². The third-order valence-electron chi connectivity index (χ3n) is 6.27. The van der Waals surface area contributed by atoms with E-state index in [9.17, 15) is 9.59 Å². The van der Waals surface area contributed by atoms with E-state index in [0.29, 0.717) is 17.2 Å². The van der Waals surface area contributed by atoms with Crippen LogP contribution in [0, 0.1) is 11.3 Å². The smallest absolute Gasteiger partial charge is 0.232 e. The highest BCUT2D eigenvalue weighted by Gasteiger charge is 2.47. The van der Waals surface area contributed by atoms with Crippen LogP contribution in [0.5, 0.6) is 0 Å². The van der Waals surface area contributed by atoms with Crippen molar-refractivity contribution in [3.63, 3.8) is 0 Å². The van der Waals surface area contributed by atoms with Gasteiger partial charge in [-0.1, -0.05) is 55.8 Å². The zero-order valence-corrected chi connectivity index (χ0v) is 19.3. The highest BCUT2D eigenvalue weighted by molar-refractivity contribution is 6.30. The molecule has 168 valence electrons. The number of benzene rings is 2. The van der Waals surface area contributed by atoms with Crippen LogP contribution in [-0.4, -0.2) is 11.7 Å². The lowest BCUT2D eigenvalue weighted by molar-refractivity contribution is -0.125. The van der Waals surface area contributed by atoms with Gasteiger partial charge >= 0.3 is 0 Å². The number of hydrogen-bond acceptors (Lipinski definition) is 4. The van der Waals surface area contributed by atoms with Crippen molar-refractivity contribution >= 4 is 34.7 Å². The molecule has 2 atom stereocenters. The van der Waals surface area contributed by atoms with E-state index in [1.807, 2.05) is 42.5 Å². The molecule has 1 N–H and O–H groups in total. The SMILES string of the molecule is CC1(C)C=C2Nc3ccccc3N(C(=O)Cc3ccc(Cl)cc3)C(c3ccco3)C2C(=O)C1. The van der Waals surface area contributed by atoms with Crippen molar-refractivity contribution in [2.45, 2.75) is 32.7 Å². The molecular formula is C27H25ClN2O3. The number of para-hydroxylation sites is 2. The van der Waals surface area contributed by atoms with Gasteiger partial charge in [-0.25, -0.2) is 0 Å². The van der Waals surface area contributed by atoms with Gasteiger partial charge in [0.15, 0.2) is 0 Å². The van der Waals surface area contributed by atoms with Gasteiger partial charge in [0.05, 0.1) is 30.0 Å². The number of halogens is 1. The summed E-state index contributed by atoms with van der Waals surface area (Å²) in [4.78, 5) is 29.2. The third-order valence-corrected chi connectivity index (χ3v) is 6.52. The summed E-state index contributed by atoms with van der Waals surface area (Å²) >= 11 is 6.03. The molecule has 0 spiro atoms. The molecule has 0 bridgehead atoms. The van der Waals surface area contributed by atoms with Crippen LogP contribution in [0.3, 0.4) is 0 Å². The maximum Gasteiger partial charge on any atom is 0.232 e. The Bertz CT molecular complexity index is 1230. The molecule has 1 aromatic heterocycles. The van der Waals surface area contributed by atoms with Gasteiger partial charge in [0.25, 0.3) is 0 Å². The number of amides is 1. The highest BCUT2D eigenvalue weighted by Crippen LogP contribution is 2.48. The Hall–Kier alpha value is -3.31. The van der Waals surface area contributed by atoms with E-state index in [1.54, 1.807) is 29.4 Å². The number of Topliss-reactive ketones (excluding diaryl/α,β-unsaturated/α-hetero) is 1. The number of fused-ring (bicyclic) bond motifs is 2. The summed E-state index contributed by atoms with van der Waals surface area (Å²) in [6.45, 7) is 4.11. The Morgan fingerprint density at radius 2 is 1.88 bits per heavy atom. The Balaban J connectivity index is 1.67. The van der Waals surface area contributed by atoms with Crippen LogP contribution in [0.1, 0.15) is 37.6 Å². The van der Waals surface area contributed by atoms with Crippen LogP contribution >= 0.6 is 11.6 Å². The summed E-state index contributed by atoms with van der Waals surface area (Å²) in [7, 11) is 0. The van der Waals surface area contributed by atoms with E-state index in [2.05, 4.69) is 25.2 Å². The molecule has 2 aromatic carbocycles. The maximum absolute atomic E-state index is 13.9. The summed E-state index contributed by atoms with van der Waals surface area (Å²) in [5.41, 5.74) is 2.90. The van der Waals surface area contributed by atoms with Crippen molar-refractivity contribution in [3.8, 4) is 0 Å². The quantitative estimate of drug-likeness (QED) is 0.507. The van der Waals surface area contributed by atoms with Gasteiger partial charge in [0.1, 0.15) is 17.6 Å². The van der Waals surface area contributed by atoms with Gasteiger partial charge in [0.2, 0.25) is 5.91 Å². The van der Waals surface area contributed by atoms with Crippen LogP contribution in [0.25, 0.3) is 0 Å². The molecule has 2 aliphatic rings. The summed E-state index contributed by atoms with van der Waals surface area (Å²) in [5, 5.41) is 4.10. The van der Waals surface area contributed by atoms with Gasteiger partial charge in [-0.2, -0.15) is 0 Å².